The molecule has 0 aliphatic carbocycles. The van der Waals surface area contributed by atoms with Gasteiger partial charge in [-0.25, -0.2) is 0 Å². The van der Waals surface area contributed by atoms with E-state index in [1.54, 1.807) is 9.80 Å². The van der Waals surface area contributed by atoms with Crippen molar-refractivity contribution in [2.24, 2.45) is 0 Å². The minimum atomic E-state index is -0.564. The fraction of sp³-hybridized carbons (Fsp3) is 0.241. The number of amides is 2. The third-order valence-electron chi connectivity index (χ3n) is 7.07. The minimum Gasteiger partial charge on any atom is -0.494 e. The van der Waals surface area contributed by atoms with Gasteiger partial charge in [0.1, 0.15) is 24.4 Å². The van der Waals surface area contributed by atoms with Crippen LogP contribution in [0.1, 0.15) is 35.3 Å². The number of carbonyl (C=O) groups is 2. The van der Waals surface area contributed by atoms with Crippen LogP contribution in [0.5, 0.6) is 5.75 Å². The Balaban J connectivity index is 1.48. The van der Waals surface area contributed by atoms with Gasteiger partial charge < -0.3 is 19.5 Å². The van der Waals surface area contributed by atoms with Gasteiger partial charge in [-0.3, -0.25) is 9.59 Å². The number of nitrogens with one attached hydrogen (secondary N) is 1. The molecule has 0 radical (unpaired) electrons. The van der Waals surface area contributed by atoms with E-state index >= 15 is 0 Å². The summed E-state index contributed by atoms with van der Waals surface area (Å²) in [6.45, 7) is 2.96. The maximum absolute atomic E-state index is 13.9. The van der Waals surface area contributed by atoms with E-state index in [0.717, 1.165) is 39.0 Å². The third-order valence-corrected chi connectivity index (χ3v) is 7.07. The molecule has 2 atom stereocenters. The molecule has 4 aromatic rings. The minimum absolute atomic E-state index is 0.0109. The summed E-state index contributed by atoms with van der Waals surface area (Å²) in [5.41, 5.74) is 4.99. The smallest absolute Gasteiger partial charge is 0.246 e. The molecule has 6 heteroatoms. The molecule has 0 bridgehead atoms. The van der Waals surface area contributed by atoms with Crippen molar-refractivity contribution < 1.29 is 14.3 Å². The molecule has 2 aliphatic rings. The predicted octanol–water partition coefficient (Wildman–Crippen LogP) is 4.45. The Labute approximate surface area is 204 Å². The van der Waals surface area contributed by atoms with E-state index in [9.17, 15) is 9.59 Å². The van der Waals surface area contributed by atoms with Crippen LogP contribution in [0.2, 0.25) is 0 Å². The number of hydrogen-bond donors (Lipinski definition) is 1. The topological polar surface area (TPSA) is 65.6 Å². The number of ether oxygens (including phenoxy) is 1. The average molecular weight is 466 g/mol. The second kappa shape index (κ2) is 8.62. The highest BCUT2D eigenvalue weighted by molar-refractivity contribution is 5.97. The Morgan fingerprint density at radius 3 is 2.51 bits per heavy atom. The van der Waals surface area contributed by atoms with E-state index in [1.165, 1.54) is 0 Å². The Morgan fingerprint density at radius 1 is 0.943 bits per heavy atom. The molecule has 2 amide bonds. The summed E-state index contributed by atoms with van der Waals surface area (Å²) in [6.07, 6.45) is 0.489. The maximum atomic E-state index is 13.9. The van der Waals surface area contributed by atoms with Gasteiger partial charge in [0.15, 0.2) is 0 Å². The molecule has 1 aromatic heterocycles. The number of rotatable bonds is 5. The molecule has 1 fully saturated rings. The van der Waals surface area contributed by atoms with Crippen LogP contribution >= 0.6 is 0 Å². The maximum Gasteiger partial charge on any atom is 0.246 e. The number of H-pyrrole nitrogens is 1. The largest absolute Gasteiger partial charge is 0.494 e. The van der Waals surface area contributed by atoms with Gasteiger partial charge in [0, 0.05) is 35.1 Å². The quantitative estimate of drug-likeness (QED) is 0.474. The Morgan fingerprint density at radius 2 is 1.69 bits per heavy atom. The molecule has 3 heterocycles. The molecule has 2 unspecified atom stereocenters. The Kier molecular flexibility index (Phi) is 5.29. The normalized spacial score (nSPS) is 19.6. The van der Waals surface area contributed by atoms with E-state index in [1.807, 2.05) is 79.7 Å². The second-order valence-corrected chi connectivity index (χ2v) is 9.14. The first-order chi connectivity index (χ1) is 17.2. The van der Waals surface area contributed by atoms with Gasteiger partial charge in [-0.2, -0.15) is 0 Å². The second-order valence-electron chi connectivity index (χ2n) is 9.14. The zero-order valence-electron chi connectivity index (χ0n) is 19.6. The molecule has 176 valence electrons. The van der Waals surface area contributed by atoms with Crippen LogP contribution in [0, 0.1) is 0 Å². The van der Waals surface area contributed by atoms with Gasteiger partial charge in [-0.05, 0) is 30.2 Å². The fourth-order valence-corrected chi connectivity index (χ4v) is 5.58. The van der Waals surface area contributed by atoms with E-state index in [2.05, 4.69) is 11.1 Å². The van der Waals surface area contributed by atoms with Crippen LogP contribution in [0.25, 0.3) is 10.9 Å². The molecule has 6 nitrogen and oxygen atoms in total. The summed E-state index contributed by atoms with van der Waals surface area (Å²) in [6, 6.07) is 24.8. The molecule has 0 spiro atoms. The lowest BCUT2D eigenvalue weighted by Gasteiger charge is -2.47. The number of benzene rings is 3. The lowest BCUT2D eigenvalue weighted by Crippen LogP contribution is -2.62. The average Bonchev–Trinajstić information content (AvgIpc) is 3.26. The molecule has 35 heavy (non-hydrogen) atoms. The van der Waals surface area contributed by atoms with Crippen LogP contribution in [-0.4, -0.2) is 45.8 Å². The van der Waals surface area contributed by atoms with Gasteiger partial charge in [-0.1, -0.05) is 66.7 Å². The number of para-hydroxylation sites is 2. The van der Waals surface area contributed by atoms with E-state index in [0.29, 0.717) is 19.6 Å². The lowest BCUT2D eigenvalue weighted by molar-refractivity contribution is -0.159. The highest BCUT2D eigenvalue weighted by atomic mass is 16.5. The summed E-state index contributed by atoms with van der Waals surface area (Å²) >= 11 is 0. The number of carbonyl (C=O) groups excluding carboxylic acids is 2. The van der Waals surface area contributed by atoms with Crippen LogP contribution in [0.15, 0.2) is 78.9 Å². The summed E-state index contributed by atoms with van der Waals surface area (Å²) in [5, 5.41) is 1.10. The van der Waals surface area contributed by atoms with Gasteiger partial charge in [0.05, 0.1) is 6.61 Å². The molecule has 1 saturated heterocycles. The fourth-order valence-electron chi connectivity index (χ4n) is 5.58. The number of aromatic nitrogens is 1. The lowest BCUT2D eigenvalue weighted by atomic mass is 9.85. The zero-order valence-corrected chi connectivity index (χ0v) is 19.6. The van der Waals surface area contributed by atoms with Crippen LogP contribution in [-0.2, 0) is 22.6 Å². The first-order valence-electron chi connectivity index (χ1n) is 12.1. The molecular formula is C29H27N3O3. The van der Waals surface area contributed by atoms with Crippen LogP contribution < -0.4 is 4.74 Å². The molecule has 6 rings (SSSR count). The third kappa shape index (κ3) is 3.57. The molecule has 2 aliphatic heterocycles. The first kappa shape index (κ1) is 21.5. The molecule has 0 saturated carbocycles. The van der Waals surface area contributed by atoms with Gasteiger partial charge >= 0.3 is 0 Å². The number of nitrogens with zero attached hydrogens (tertiary/aromatic N) is 2. The summed E-state index contributed by atoms with van der Waals surface area (Å²) < 4.78 is 5.97. The first-order valence-corrected chi connectivity index (χ1v) is 12.1. The number of fused-ring (bicyclic) bond motifs is 4. The highest BCUT2D eigenvalue weighted by Crippen LogP contribution is 2.45. The monoisotopic (exact) mass is 465 g/mol. The van der Waals surface area contributed by atoms with Gasteiger partial charge in [0.25, 0.3) is 0 Å². The summed E-state index contributed by atoms with van der Waals surface area (Å²) in [5.74, 6) is 0.673. The van der Waals surface area contributed by atoms with Crippen molar-refractivity contribution in [1.82, 2.24) is 14.8 Å². The van der Waals surface area contributed by atoms with E-state index < -0.39 is 12.1 Å². The van der Waals surface area contributed by atoms with Crippen molar-refractivity contribution in [3.05, 3.63) is 101 Å². The van der Waals surface area contributed by atoms with Crippen molar-refractivity contribution in [1.29, 1.82) is 0 Å². The van der Waals surface area contributed by atoms with Crippen molar-refractivity contribution in [2.75, 3.05) is 13.2 Å². The molecule has 1 N–H and O–H groups in total. The van der Waals surface area contributed by atoms with Crippen molar-refractivity contribution >= 4 is 22.7 Å². The number of aromatic amines is 1. The highest BCUT2D eigenvalue weighted by Gasteiger charge is 2.48. The van der Waals surface area contributed by atoms with Crippen LogP contribution in [0.3, 0.4) is 0 Å². The van der Waals surface area contributed by atoms with E-state index in [-0.39, 0.29) is 18.4 Å². The number of piperazine rings is 1. The Hall–Kier alpha value is -4.06. The van der Waals surface area contributed by atoms with Gasteiger partial charge in [-0.15, -0.1) is 0 Å². The standard InChI is InChI=1S/C29H27N3O3/c1-2-35-25-15-9-7-13-21(25)28-27-22(20-12-6-8-14-23(20)30-27)16-24-29(34)31(18-26(33)32(24)28)17-19-10-4-3-5-11-19/h3-15,24,28,30H,2,16-18H2,1H3. The van der Waals surface area contributed by atoms with Crippen molar-refractivity contribution in [2.45, 2.75) is 32.0 Å². The molecule has 3 aromatic carbocycles. The van der Waals surface area contributed by atoms with E-state index in [4.69, 9.17) is 4.74 Å². The van der Waals surface area contributed by atoms with Crippen LogP contribution in [0.4, 0.5) is 0 Å². The van der Waals surface area contributed by atoms with Gasteiger partial charge in [0.2, 0.25) is 11.8 Å². The predicted molar refractivity (Wildman–Crippen MR) is 134 cm³/mol. The number of hydrogen-bond acceptors (Lipinski definition) is 3. The molecular weight excluding hydrogens is 438 g/mol. The zero-order chi connectivity index (χ0) is 23.9. The Bertz CT molecular complexity index is 1410. The summed E-state index contributed by atoms with van der Waals surface area (Å²) in [4.78, 5) is 34.7. The summed E-state index contributed by atoms with van der Waals surface area (Å²) in [7, 11) is 0. The van der Waals surface area contributed by atoms with Crippen molar-refractivity contribution in [3.8, 4) is 5.75 Å². The SMILES string of the molecule is CCOc1ccccc1C1c2[nH]c3ccccc3c2CC2C(=O)N(Cc3ccccc3)CC(=O)N21. The van der Waals surface area contributed by atoms with Crippen molar-refractivity contribution in [3.63, 3.8) is 0 Å².